The molecular formula is C14H15Cl2NS. The topological polar surface area (TPSA) is 12.0 Å². The van der Waals surface area contributed by atoms with E-state index in [-0.39, 0.29) is 6.04 Å². The van der Waals surface area contributed by atoms with Crippen LogP contribution in [0.2, 0.25) is 10.0 Å². The molecule has 0 aliphatic heterocycles. The lowest BCUT2D eigenvalue weighted by Crippen LogP contribution is -2.23. The van der Waals surface area contributed by atoms with Crippen LogP contribution in [0.3, 0.4) is 0 Å². The first-order valence-electron chi connectivity index (χ1n) is 5.90. The minimum Gasteiger partial charge on any atom is -0.310 e. The first-order valence-corrected chi connectivity index (χ1v) is 7.60. The molecule has 0 spiro atoms. The molecule has 1 aromatic carbocycles. The van der Waals surface area contributed by atoms with E-state index in [2.05, 4.69) is 29.1 Å². The van der Waals surface area contributed by atoms with Crippen molar-refractivity contribution in [1.82, 2.24) is 5.32 Å². The molecule has 0 fully saturated rings. The maximum atomic E-state index is 6.28. The molecule has 2 aromatic rings. The number of halogens is 2. The van der Waals surface area contributed by atoms with Crippen LogP contribution < -0.4 is 5.32 Å². The van der Waals surface area contributed by atoms with E-state index in [4.69, 9.17) is 23.2 Å². The summed E-state index contributed by atoms with van der Waals surface area (Å²) in [5.41, 5.74) is 2.30. The van der Waals surface area contributed by atoms with E-state index in [1.807, 2.05) is 18.2 Å². The minimum absolute atomic E-state index is 0.158. The second kappa shape index (κ2) is 6.58. The SMILES string of the molecule is CCNC(Cc1ccsc1)c1c(Cl)cccc1Cl. The van der Waals surface area contributed by atoms with Crippen LogP contribution >= 0.6 is 34.5 Å². The van der Waals surface area contributed by atoms with E-state index in [9.17, 15) is 0 Å². The van der Waals surface area contributed by atoms with Crippen molar-refractivity contribution in [2.75, 3.05) is 6.54 Å². The van der Waals surface area contributed by atoms with Crippen molar-refractivity contribution in [1.29, 1.82) is 0 Å². The standard InChI is InChI=1S/C14H15Cl2NS/c1-2-17-13(8-10-6-7-18-9-10)14-11(15)4-3-5-12(14)16/h3-7,9,13,17H,2,8H2,1H3. The average molecular weight is 300 g/mol. The van der Waals surface area contributed by atoms with Crippen molar-refractivity contribution in [3.8, 4) is 0 Å². The molecule has 0 aliphatic carbocycles. The molecule has 0 bridgehead atoms. The van der Waals surface area contributed by atoms with Gasteiger partial charge in [-0.1, -0.05) is 36.2 Å². The van der Waals surface area contributed by atoms with Gasteiger partial charge in [0.2, 0.25) is 0 Å². The molecule has 1 unspecified atom stereocenters. The van der Waals surface area contributed by atoms with Gasteiger partial charge in [0, 0.05) is 21.7 Å². The molecule has 0 amide bonds. The highest BCUT2D eigenvalue weighted by molar-refractivity contribution is 7.07. The lowest BCUT2D eigenvalue weighted by molar-refractivity contribution is 0.551. The first kappa shape index (κ1) is 13.9. The molecule has 1 nitrogen and oxygen atoms in total. The Morgan fingerprint density at radius 2 is 1.94 bits per heavy atom. The highest BCUT2D eigenvalue weighted by atomic mass is 35.5. The number of thiophene rings is 1. The third kappa shape index (κ3) is 3.27. The van der Waals surface area contributed by atoms with Crippen LogP contribution in [0.15, 0.2) is 35.0 Å². The van der Waals surface area contributed by atoms with Gasteiger partial charge in [0.05, 0.1) is 0 Å². The van der Waals surface area contributed by atoms with Crippen molar-refractivity contribution in [3.63, 3.8) is 0 Å². The van der Waals surface area contributed by atoms with E-state index in [0.717, 1.165) is 28.6 Å². The van der Waals surface area contributed by atoms with Crippen molar-refractivity contribution >= 4 is 34.5 Å². The van der Waals surface area contributed by atoms with Gasteiger partial charge in [-0.05, 0) is 47.5 Å². The van der Waals surface area contributed by atoms with Gasteiger partial charge in [-0.25, -0.2) is 0 Å². The highest BCUT2D eigenvalue weighted by Crippen LogP contribution is 2.32. The van der Waals surface area contributed by atoms with E-state index in [1.165, 1.54) is 5.56 Å². The average Bonchev–Trinajstić information content (AvgIpc) is 2.82. The van der Waals surface area contributed by atoms with Crippen LogP contribution in [-0.2, 0) is 6.42 Å². The van der Waals surface area contributed by atoms with Gasteiger partial charge >= 0.3 is 0 Å². The fourth-order valence-corrected chi connectivity index (χ4v) is 3.35. The van der Waals surface area contributed by atoms with Gasteiger partial charge < -0.3 is 5.32 Å². The number of hydrogen-bond donors (Lipinski definition) is 1. The summed E-state index contributed by atoms with van der Waals surface area (Å²) in [5, 5.41) is 9.16. The van der Waals surface area contributed by atoms with Gasteiger partial charge in [0.25, 0.3) is 0 Å². The second-order valence-corrected chi connectivity index (χ2v) is 5.68. The van der Waals surface area contributed by atoms with Crippen LogP contribution in [0.4, 0.5) is 0 Å². The lowest BCUT2D eigenvalue weighted by atomic mass is 10.0. The van der Waals surface area contributed by atoms with Crippen LogP contribution in [0.5, 0.6) is 0 Å². The molecule has 0 saturated heterocycles. The molecule has 18 heavy (non-hydrogen) atoms. The van der Waals surface area contributed by atoms with Crippen molar-refractivity contribution in [2.45, 2.75) is 19.4 Å². The molecular weight excluding hydrogens is 285 g/mol. The van der Waals surface area contributed by atoms with Crippen molar-refractivity contribution < 1.29 is 0 Å². The molecule has 1 atom stereocenters. The Labute approximate surface area is 122 Å². The fourth-order valence-electron chi connectivity index (χ4n) is 2.01. The normalized spacial score (nSPS) is 12.6. The Morgan fingerprint density at radius 3 is 2.50 bits per heavy atom. The lowest BCUT2D eigenvalue weighted by Gasteiger charge is -2.20. The quantitative estimate of drug-likeness (QED) is 0.824. The Morgan fingerprint density at radius 1 is 1.22 bits per heavy atom. The number of likely N-dealkylation sites (N-methyl/N-ethyl adjacent to an activating group) is 1. The number of hydrogen-bond acceptors (Lipinski definition) is 2. The number of nitrogens with one attached hydrogen (secondary N) is 1. The van der Waals surface area contributed by atoms with Crippen molar-refractivity contribution in [3.05, 3.63) is 56.2 Å². The summed E-state index contributed by atoms with van der Waals surface area (Å²) in [4.78, 5) is 0. The summed E-state index contributed by atoms with van der Waals surface area (Å²) in [7, 11) is 0. The van der Waals surface area contributed by atoms with Crippen LogP contribution in [-0.4, -0.2) is 6.54 Å². The van der Waals surface area contributed by atoms with Gasteiger partial charge in [-0.2, -0.15) is 11.3 Å². The van der Waals surface area contributed by atoms with E-state index < -0.39 is 0 Å². The number of rotatable bonds is 5. The summed E-state index contributed by atoms with van der Waals surface area (Å²) < 4.78 is 0. The van der Waals surface area contributed by atoms with Gasteiger partial charge in [0.1, 0.15) is 0 Å². The maximum absolute atomic E-state index is 6.28. The van der Waals surface area contributed by atoms with E-state index >= 15 is 0 Å². The Balaban J connectivity index is 2.29. The summed E-state index contributed by atoms with van der Waals surface area (Å²) in [5.74, 6) is 0. The molecule has 0 aliphatic rings. The Kier molecular flexibility index (Phi) is 5.07. The fraction of sp³-hybridized carbons (Fsp3) is 0.286. The smallest absolute Gasteiger partial charge is 0.0468 e. The maximum Gasteiger partial charge on any atom is 0.0468 e. The summed E-state index contributed by atoms with van der Waals surface area (Å²) in [6.07, 6.45) is 0.904. The third-order valence-electron chi connectivity index (χ3n) is 2.82. The van der Waals surface area contributed by atoms with Gasteiger partial charge in [-0.15, -0.1) is 0 Å². The molecule has 1 heterocycles. The third-order valence-corrected chi connectivity index (χ3v) is 4.21. The zero-order chi connectivity index (χ0) is 13.0. The largest absolute Gasteiger partial charge is 0.310 e. The van der Waals surface area contributed by atoms with Crippen LogP contribution in [0, 0.1) is 0 Å². The summed E-state index contributed by atoms with van der Waals surface area (Å²) >= 11 is 14.3. The van der Waals surface area contributed by atoms with Gasteiger partial charge in [-0.3, -0.25) is 0 Å². The second-order valence-electron chi connectivity index (χ2n) is 4.08. The molecule has 2 rings (SSSR count). The highest BCUT2D eigenvalue weighted by Gasteiger charge is 2.17. The monoisotopic (exact) mass is 299 g/mol. The molecule has 1 aromatic heterocycles. The Bertz CT molecular complexity index is 476. The molecule has 96 valence electrons. The summed E-state index contributed by atoms with van der Waals surface area (Å²) in [6.45, 7) is 2.97. The zero-order valence-electron chi connectivity index (χ0n) is 10.1. The Hall–Kier alpha value is -0.540. The first-order chi connectivity index (χ1) is 8.72. The molecule has 4 heteroatoms. The molecule has 0 saturated carbocycles. The van der Waals surface area contributed by atoms with Crippen LogP contribution in [0.1, 0.15) is 24.1 Å². The minimum atomic E-state index is 0.158. The van der Waals surface area contributed by atoms with Crippen LogP contribution in [0.25, 0.3) is 0 Å². The summed E-state index contributed by atoms with van der Waals surface area (Å²) in [6, 6.07) is 7.95. The van der Waals surface area contributed by atoms with Crippen molar-refractivity contribution in [2.24, 2.45) is 0 Å². The van der Waals surface area contributed by atoms with Gasteiger partial charge in [0.15, 0.2) is 0 Å². The predicted molar refractivity (Wildman–Crippen MR) is 80.9 cm³/mol. The predicted octanol–water partition coefficient (Wildman–Crippen LogP) is 4.95. The van der Waals surface area contributed by atoms with E-state index in [0.29, 0.717) is 0 Å². The zero-order valence-corrected chi connectivity index (χ0v) is 12.4. The molecule has 1 N–H and O–H groups in total. The number of benzene rings is 1. The van der Waals surface area contributed by atoms with E-state index in [1.54, 1.807) is 11.3 Å². The molecule has 0 radical (unpaired) electrons.